The molecule has 6 nitrogen and oxygen atoms in total. The second-order valence-corrected chi connectivity index (χ2v) is 7.17. The van der Waals surface area contributed by atoms with E-state index in [0.29, 0.717) is 23.6 Å². The summed E-state index contributed by atoms with van der Waals surface area (Å²) in [6.07, 6.45) is 0. The highest BCUT2D eigenvalue weighted by molar-refractivity contribution is 5.98. The third-order valence-corrected chi connectivity index (χ3v) is 4.47. The van der Waals surface area contributed by atoms with Crippen molar-refractivity contribution in [2.24, 2.45) is 11.7 Å². The molecule has 0 saturated heterocycles. The molecule has 0 bridgehead atoms. The maximum absolute atomic E-state index is 13.2. The molecule has 0 fully saturated rings. The number of hydrogen-bond donors (Lipinski definition) is 2. The molecule has 146 valence electrons. The van der Waals surface area contributed by atoms with Crippen LogP contribution in [0.5, 0.6) is 5.75 Å². The number of aromatic nitrogens is 1. The molecule has 0 atom stereocenters. The number of carbonyl (C=O) groups excluding carboxylic acids is 1. The van der Waals surface area contributed by atoms with Crippen molar-refractivity contribution in [1.82, 2.24) is 10.0 Å². The van der Waals surface area contributed by atoms with Gasteiger partial charge in [0.15, 0.2) is 5.75 Å². The number of fused-ring (bicyclic) bond motifs is 1. The number of benzene rings is 2. The van der Waals surface area contributed by atoms with Gasteiger partial charge in [0.1, 0.15) is 0 Å². The molecule has 0 spiro atoms. The minimum Gasteiger partial charge on any atom is -0.380 e. The van der Waals surface area contributed by atoms with E-state index in [1.807, 2.05) is 30.3 Å². The summed E-state index contributed by atoms with van der Waals surface area (Å²) in [5.74, 6) is 0.439. The van der Waals surface area contributed by atoms with Crippen LogP contribution in [0.3, 0.4) is 0 Å². The van der Waals surface area contributed by atoms with E-state index in [1.165, 1.54) is 6.92 Å². The lowest BCUT2D eigenvalue weighted by atomic mass is 9.96. The summed E-state index contributed by atoms with van der Waals surface area (Å²) in [6.45, 7) is 6.34. The van der Waals surface area contributed by atoms with Crippen LogP contribution in [0.4, 0.5) is 0 Å². The van der Waals surface area contributed by atoms with Gasteiger partial charge in [-0.2, -0.15) is 5.48 Å². The van der Waals surface area contributed by atoms with Gasteiger partial charge in [0.2, 0.25) is 5.91 Å². The number of hydrogen-bond acceptors (Lipinski definition) is 4. The molecule has 28 heavy (non-hydrogen) atoms. The fourth-order valence-corrected chi connectivity index (χ4v) is 3.37. The molecule has 0 aliphatic carbocycles. The van der Waals surface area contributed by atoms with Gasteiger partial charge in [-0.25, -0.2) is 0 Å². The van der Waals surface area contributed by atoms with Crippen LogP contribution >= 0.6 is 0 Å². The summed E-state index contributed by atoms with van der Waals surface area (Å²) >= 11 is 0. The zero-order chi connectivity index (χ0) is 20.3. The molecule has 0 radical (unpaired) electrons. The molecule has 1 heterocycles. The number of amides is 1. The van der Waals surface area contributed by atoms with Gasteiger partial charge in [0.05, 0.1) is 0 Å². The second-order valence-electron chi connectivity index (χ2n) is 7.17. The van der Waals surface area contributed by atoms with Crippen molar-refractivity contribution < 1.29 is 9.63 Å². The Labute approximate surface area is 163 Å². The molecule has 3 aromatic rings. The van der Waals surface area contributed by atoms with Crippen LogP contribution in [-0.2, 0) is 17.9 Å². The van der Waals surface area contributed by atoms with Crippen molar-refractivity contribution >= 4 is 16.7 Å². The van der Waals surface area contributed by atoms with Crippen LogP contribution in [0.1, 0.15) is 26.5 Å². The van der Waals surface area contributed by atoms with Crippen molar-refractivity contribution in [2.75, 3.05) is 0 Å². The van der Waals surface area contributed by atoms with Crippen LogP contribution in [0.2, 0.25) is 0 Å². The number of nitrogens with one attached hydrogen (secondary N) is 1. The lowest BCUT2D eigenvalue weighted by Gasteiger charge is -2.21. The van der Waals surface area contributed by atoms with Gasteiger partial charge in [0.25, 0.3) is 5.56 Å². The third-order valence-electron chi connectivity index (χ3n) is 4.47. The van der Waals surface area contributed by atoms with Gasteiger partial charge in [-0.3, -0.25) is 9.59 Å². The van der Waals surface area contributed by atoms with E-state index in [2.05, 4.69) is 19.3 Å². The minimum atomic E-state index is -0.307. The number of nitrogens with zero attached hydrogens (tertiary/aromatic N) is 1. The van der Waals surface area contributed by atoms with Gasteiger partial charge >= 0.3 is 0 Å². The van der Waals surface area contributed by atoms with E-state index in [4.69, 9.17) is 10.6 Å². The van der Waals surface area contributed by atoms with Gasteiger partial charge in [-0.1, -0.05) is 44.2 Å². The summed E-state index contributed by atoms with van der Waals surface area (Å²) in [6, 6.07) is 15.0. The molecule has 0 saturated carbocycles. The first-order valence-corrected chi connectivity index (χ1v) is 9.30. The van der Waals surface area contributed by atoms with Crippen molar-refractivity contribution in [3.8, 4) is 16.9 Å². The van der Waals surface area contributed by atoms with Gasteiger partial charge < -0.3 is 15.1 Å². The molecule has 3 N–H and O–H groups in total. The highest BCUT2D eigenvalue weighted by atomic mass is 16.7. The Bertz CT molecular complexity index is 1060. The lowest BCUT2D eigenvalue weighted by molar-refractivity contribution is -0.125. The average molecular weight is 379 g/mol. The summed E-state index contributed by atoms with van der Waals surface area (Å²) in [5.41, 5.74) is 11.0. The van der Waals surface area contributed by atoms with E-state index in [1.54, 1.807) is 22.8 Å². The van der Waals surface area contributed by atoms with E-state index < -0.39 is 0 Å². The number of pyridine rings is 1. The van der Waals surface area contributed by atoms with Crippen LogP contribution in [0.25, 0.3) is 21.9 Å². The molecular weight excluding hydrogens is 354 g/mol. The number of nitrogens with two attached hydrogens (primary N) is 1. The Morgan fingerprint density at radius 3 is 2.46 bits per heavy atom. The molecular formula is C22H25N3O3. The molecule has 3 rings (SSSR count). The predicted molar refractivity (Wildman–Crippen MR) is 111 cm³/mol. The third kappa shape index (κ3) is 3.92. The summed E-state index contributed by atoms with van der Waals surface area (Å²) in [5, 5.41) is 1.34. The monoisotopic (exact) mass is 379 g/mol. The first-order valence-electron chi connectivity index (χ1n) is 9.30. The smallest absolute Gasteiger partial charge is 0.258 e. The molecule has 0 aliphatic rings. The second kappa shape index (κ2) is 8.27. The van der Waals surface area contributed by atoms with E-state index in [-0.39, 0.29) is 18.0 Å². The normalized spacial score (nSPS) is 11.0. The Balaban J connectivity index is 2.34. The van der Waals surface area contributed by atoms with Gasteiger partial charge in [-0.05, 0) is 29.7 Å². The van der Waals surface area contributed by atoms with Gasteiger partial charge in [0, 0.05) is 42.0 Å². The maximum atomic E-state index is 13.2. The fourth-order valence-electron chi connectivity index (χ4n) is 3.37. The molecule has 1 aromatic heterocycles. The predicted octanol–water partition coefficient (Wildman–Crippen LogP) is 3.21. The zero-order valence-corrected chi connectivity index (χ0v) is 16.4. The van der Waals surface area contributed by atoms with Crippen molar-refractivity contribution in [3.63, 3.8) is 0 Å². The summed E-state index contributed by atoms with van der Waals surface area (Å²) in [7, 11) is 0. The Morgan fingerprint density at radius 2 is 1.86 bits per heavy atom. The topological polar surface area (TPSA) is 86.3 Å². The Hall–Kier alpha value is -3.12. The van der Waals surface area contributed by atoms with Crippen LogP contribution < -0.4 is 21.6 Å². The van der Waals surface area contributed by atoms with Crippen molar-refractivity contribution in [1.29, 1.82) is 0 Å². The lowest BCUT2D eigenvalue weighted by Crippen LogP contribution is -2.28. The highest BCUT2D eigenvalue weighted by Crippen LogP contribution is 2.33. The number of rotatable bonds is 6. The van der Waals surface area contributed by atoms with E-state index >= 15 is 0 Å². The maximum Gasteiger partial charge on any atom is 0.258 e. The van der Waals surface area contributed by atoms with E-state index in [0.717, 1.165) is 22.2 Å². The molecule has 0 unspecified atom stereocenters. The van der Waals surface area contributed by atoms with Gasteiger partial charge in [-0.15, -0.1) is 0 Å². The quantitative estimate of drug-likeness (QED) is 0.644. The first kappa shape index (κ1) is 19.6. The first-order chi connectivity index (χ1) is 13.4. The molecule has 2 aromatic carbocycles. The summed E-state index contributed by atoms with van der Waals surface area (Å²) < 4.78 is 1.78. The highest BCUT2D eigenvalue weighted by Gasteiger charge is 2.18. The summed E-state index contributed by atoms with van der Waals surface area (Å²) in [4.78, 5) is 29.7. The van der Waals surface area contributed by atoms with Crippen LogP contribution in [-0.4, -0.2) is 10.5 Å². The standard InChI is InChI=1S/C22H25N3O3/c1-14(2)13-25-20(12-23)21(16-7-5-4-6-8-16)19-11-17(28-24-15(3)26)9-10-18(19)22(25)27/h4-11,14H,12-13,23H2,1-3H3,(H,24,26). The van der Waals surface area contributed by atoms with Crippen molar-refractivity contribution in [3.05, 3.63) is 64.6 Å². The van der Waals surface area contributed by atoms with Crippen LogP contribution in [0.15, 0.2) is 53.3 Å². The fraction of sp³-hybridized carbons (Fsp3) is 0.273. The SMILES string of the molecule is CC(=O)NOc1ccc2c(=O)n(CC(C)C)c(CN)c(-c3ccccc3)c2c1. The zero-order valence-electron chi connectivity index (χ0n) is 16.4. The number of hydroxylamine groups is 1. The largest absolute Gasteiger partial charge is 0.380 e. The van der Waals surface area contributed by atoms with Crippen LogP contribution in [0, 0.1) is 5.92 Å². The molecule has 1 amide bonds. The van der Waals surface area contributed by atoms with E-state index in [9.17, 15) is 9.59 Å². The van der Waals surface area contributed by atoms with Crippen molar-refractivity contribution in [2.45, 2.75) is 33.9 Å². The molecule has 0 aliphatic heterocycles. The Kier molecular flexibility index (Phi) is 5.80. The Morgan fingerprint density at radius 1 is 1.14 bits per heavy atom. The number of carbonyl (C=O) groups is 1. The minimum absolute atomic E-state index is 0.0742. The molecule has 6 heteroatoms. The average Bonchev–Trinajstić information content (AvgIpc) is 2.68.